The number of H-pyrrole nitrogens is 1. The van der Waals surface area contributed by atoms with Gasteiger partial charge in [0, 0.05) is 11.8 Å². The normalized spacial score (nSPS) is 10.6. The molecule has 0 spiro atoms. The van der Waals surface area contributed by atoms with Gasteiger partial charge in [0.25, 0.3) is 5.91 Å². The molecule has 4 aromatic rings. The third kappa shape index (κ3) is 3.68. The molecule has 2 N–H and O–H groups in total. The van der Waals surface area contributed by atoms with E-state index in [-0.39, 0.29) is 11.6 Å². The van der Waals surface area contributed by atoms with Crippen LogP contribution in [0.3, 0.4) is 0 Å². The predicted octanol–water partition coefficient (Wildman–Crippen LogP) is 2.59. The van der Waals surface area contributed by atoms with Crippen molar-refractivity contribution in [3.05, 3.63) is 82.3 Å². The molecule has 2 aromatic heterocycles. The van der Waals surface area contributed by atoms with Crippen molar-refractivity contribution in [2.45, 2.75) is 6.92 Å². The number of carbonyl (C=O) groups is 1. The first-order valence-electron chi connectivity index (χ1n) is 9.10. The lowest BCUT2D eigenvalue weighted by molar-refractivity contribution is 0.101. The summed E-state index contributed by atoms with van der Waals surface area (Å²) in [6.45, 7) is 1.75. The smallest absolute Gasteiger partial charge is 0.282 e. The summed E-state index contributed by atoms with van der Waals surface area (Å²) < 4.78 is 6.85. The van der Waals surface area contributed by atoms with Crippen molar-refractivity contribution >= 4 is 11.9 Å². The van der Waals surface area contributed by atoms with Crippen LogP contribution in [0.5, 0.6) is 5.75 Å². The van der Waals surface area contributed by atoms with Gasteiger partial charge < -0.3 is 4.74 Å². The molecule has 0 bridgehead atoms. The molecule has 0 unspecified atom stereocenters. The van der Waals surface area contributed by atoms with Gasteiger partial charge in [-0.3, -0.25) is 20.0 Å². The number of para-hydroxylation sites is 2. The first-order chi connectivity index (χ1) is 14.6. The van der Waals surface area contributed by atoms with Gasteiger partial charge in [0.1, 0.15) is 5.75 Å². The molecule has 0 radical (unpaired) electrons. The summed E-state index contributed by atoms with van der Waals surface area (Å²) in [4.78, 5) is 29.3. The molecule has 9 nitrogen and oxygen atoms in total. The first kappa shape index (κ1) is 19.1. The molecule has 1 amide bonds. The fourth-order valence-electron chi connectivity index (χ4n) is 2.97. The minimum atomic E-state index is -0.699. The van der Waals surface area contributed by atoms with Crippen molar-refractivity contribution in [3.63, 3.8) is 0 Å². The van der Waals surface area contributed by atoms with E-state index in [4.69, 9.17) is 4.74 Å². The number of nitrogens with one attached hydrogen (secondary N) is 2. The number of methoxy groups -OCH3 is 1. The van der Waals surface area contributed by atoms with E-state index in [9.17, 15) is 9.59 Å². The van der Waals surface area contributed by atoms with Gasteiger partial charge in [-0.1, -0.05) is 30.3 Å². The first-order valence-corrected chi connectivity index (χ1v) is 9.10. The van der Waals surface area contributed by atoms with Crippen molar-refractivity contribution in [2.24, 2.45) is 0 Å². The van der Waals surface area contributed by atoms with E-state index in [1.165, 1.54) is 10.7 Å². The maximum Gasteiger partial charge on any atom is 0.282 e. The van der Waals surface area contributed by atoms with E-state index in [0.717, 1.165) is 5.69 Å². The number of amides is 1. The van der Waals surface area contributed by atoms with Crippen LogP contribution in [-0.2, 0) is 0 Å². The molecule has 0 saturated carbocycles. The number of ether oxygens (including phenoxy) is 1. The number of carbonyl (C=O) groups excluding carboxylic acids is 1. The lowest BCUT2D eigenvalue weighted by Gasteiger charge is -2.10. The summed E-state index contributed by atoms with van der Waals surface area (Å²) in [5, 5.41) is 13.5. The van der Waals surface area contributed by atoms with E-state index in [1.807, 2.05) is 48.5 Å². The number of benzene rings is 2. The Hall–Kier alpha value is -4.27. The zero-order valence-corrected chi connectivity index (χ0v) is 16.3. The second-order valence-electron chi connectivity index (χ2n) is 6.41. The standard InChI is InChI=1S/C21H18N6O3/c1-13-12-16(28)18(26-27(13)14-8-4-3-5-9-14)20(29)23-21-22-19(24-25-21)15-10-6-7-11-17(15)30-2/h3-12H,1-2H3,(H2,22,23,24,25,29). The van der Waals surface area contributed by atoms with Crippen molar-refractivity contribution in [3.8, 4) is 22.8 Å². The number of anilines is 1. The molecule has 30 heavy (non-hydrogen) atoms. The number of aryl methyl sites for hydroxylation is 1. The molecule has 4 rings (SSSR count). The topological polar surface area (TPSA) is 115 Å². The van der Waals surface area contributed by atoms with Gasteiger partial charge >= 0.3 is 0 Å². The van der Waals surface area contributed by atoms with Crippen LogP contribution in [0.15, 0.2) is 65.5 Å². The molecule has 0 atom stereocenters. The highest BCUT2D eigenvalue weighted by molar-refractivity contribution is 6.01. The lowest BCUT2D eigenvalue weighted by atomic mass is 10.2. The molecule has 0 aliphatic rings. The average molecular weight is 402 g/mol. The Morgan fingerprint density at radius 2 is 1.83 bits per heavy atom. The van der Waals surface area contributed by atoms with Crippen molar-refractivity contribution in [1.29, 1.82) is 0 Å². The average Bonchev–Trinajstić information content (AvgIpc) is 3.22. The number of hydrogen-bond donors (Lipinski definition) is 2. The van der Waals surface area contributed by atoms with Gasteiger partial charge in [-0.15, -0.1) is 5.10 Å². The predicted molar refractivity (Wildman–Crippen MR) is 111 cm³/mol. The van der Waals surface area contributed by atoms with E-state index >= 15 is 0 Å². The van der Waals surface area contributed by atoms with Crippen molar-refractivity contribution in [2.75, 3.05) is 12.4 Å². The monoisotopic (exact) mass is 402 g/mol. The van der Waals surface area contributed by atoms with Crippen LogP contribution >= 0.6 is 0 Å². The quantitative estimate of drug-likeness (QED) is 0.530. The molecule has 0 saturated heterocycles. The Morgan fingerprint density at radius 3 is 2.60 bits per heavy atom. The summed E-state index contributed by atoms with van der Waals surface area (Å²) in [6, 6.07) is 17.9. The van der Waals surface area contributed by atoms with Gasteiger partial charge in [-0.25, -0.2) is 4.68 Å². The van der Waals surface area contributed by atoms with Crippen molar-refractivity contribution in [1.82, 2.24) is 25.0 Å². The summed E-state index contributed by atoms with van der Waals surface area (Å²) in [7, 11) is 1.55. The molecule has 0 aliphatic carbocycles. The third-order valence-corrected chi connectivity index (χ3v) is 4.40. The highest BCUT2D eigenvalue weighted by atomic mass is 16.5. The summed E-state index contributed by atoms with van der Waals surface area (Å²) in [5.41, 5.74) is 1.29. The Morgan fingerprint density at radius 1 is 1.10 bits per heavy atom. The Kier molecular flexibility index (Phi) is 5.08. The Labute approximate surface area is 171 Å². The zero-order valence-electron chi connectivity index (χ0n) is 16.3. The molecule has 0 fully saturated rings. The number of nitrogens with zero attached hydrogens (tertiary/aromatic N) is 4. The van der Waals surface area contributed by atoms with Crippen molar-refractivity contribution < 1.29 is 9.53 Å². The van der Waals surface area contributed by atoms with Gasteiger partial charge in [0.15, 0.2) is 11.5 Å². The molecule has 2 aromatic carbocycles. The van der Waals surface area contributed by atoms with E-state index in [2.05, 4.69) is 25.6 Å². The molecule has 9 heteroatoms. The second kappa shape index (κ2) is 8.00. The van der Waals surface area contributed by atoms with Crippen LogP contribution in [0.2, 0.25) is 0 Å². The molecular formula is C21H18N6O3. The van der Waals surface area contributed by atoms with Crippen LogP contribution in [0.25, 0.3) is 17.1 Å². The third-order valence-electron chi connectivity index (χ3n) is 4.40. The Balaban J connectivity index is 1.62. The summed E-state index contributed by atoms with van der Waals surface area (Å²) >= 11 is 0. The lowest BCUT2D eigenvalue weighted by Crippen LogP contribution is -2.27. The highest BCUT2D eigenvalue weighted by Crippen LogP contribution is 2.27. The Bertz CT molecular complexity index is 1260. The van der Waals surface area contributed by atoms with Gasteiger partial charge in [0.2, 0.25) is 11.4 Å². The molecule has 150 valence electrons. The number of aromatic nitrogens is 5. The van der Waals surface area contributed by atoms with E-state index < -0.39 is 11.3 Å². The van der Waals surface area contributed by atoms with E-state index in [0.29, 0.717) is 22.8 Å². The number of hydrogen-bond acceptors (Lipinski definition) is 6. The van der Waals surface area contributed by atoms with Gasteiger partial charge in [-0.2, -0.15) is 10.1 Å². The highest BCUT2D eigenvalue weighted by Gasteiger charge is 2.18. The molecule has 0 aliphatic heterocycles. The maximum atomic E-state index is 12.7. The van der Waals surface area contributed by atoms with Crippen LogP contribution in [0, 0.1) is 6.92 Å². The molecule has 2 heterocycles. The fourth-order valence-corrected chi connectivity index (χ4v) is 2.97. The summed E-state index contributed by atoms with van der Waals surface area (Å²) in [6.07, 6.45) is 0. The van der Waals surface area contributed by atoms with Crippen LogP contribution in [0.4, 0.5) is 5.95 Å². The maximum absolute atomic E-state index is 12.7. The number of rotatable bonds is 5. The van der Waals surface area contributed by atoms with Crippen LogP contribution < -0.4 is 15.5 Å². The number of aromatic amines is 1. The minimum Gasteiger partial charge on any atom is -0.496 e. The zero-order chi connectivity index (χ0) is 21.1. The minimum absolute atomic E-state index is 0.0222. The van der Waals surface area contributed by atoms with E-state index in [1.54, 1.807) is 20.1 Å². The van der Waals surface area contributed by atoms with Crippen LogP contribution in [0.1, 0.15) is 16.2 Å². The summed E-state index contributed by atoms with van der Waals surface area (Å²) in [5.74, 6) is 0.350. The van der Waals surface area contributed by atoms with Gasteiger partial charge in [0.05, 0.1) is 18.4 Å². The SMILES string of the molecule is COc1ccccc1-c1nc(NC(=O)c2nn(-c3ccccc3)c(C)cc2=O)n[nH]1. The fraction of sp³-hybridized carbons (Fsp3) is 0.0952. The van der Waals surface area contributed by atoms with Gasteiger partial charge in [-0.05, 0) is 31.2 Å². The largest absolute Gasteiger partial charge is 0.496 e. The van der Waals surface area contributed by atoms with Crippen LogP contribution in [-0.4, -0.2) is 38.0 Å². The molecular weight excluding hydrogens is 384 g/mol. The second-order valence-corrected chi connectivity index (χ2v) is 6.41.